The minimum absolute atomic E-state index is 0.0219. The molecule has 0 aliphatic carbocycles. The number of rotatable bonds is 9. The zero-order valence-electron chi connectivity index (χ0n) is 17.9. The van der Waals surface area contributed by atoms with Crippen molar-refractivity contribution in [1.82, 2.24) is 25.3 Å². The van der Waals surface area contributed by atoms with Crippen molar-refractivity contribution in [2.45, 2.75) is 32.9 Å². The van der Waals surface area contributed by atoms with Crippen molar-refractivity contribution in [3.05, 3.63) is 47.8 Å². The Morgan fingerprint density at radius 3 is 2.71 bits per heavy atom. The number of guanidine groups is 1. The molecule has 2 atom stereocenters. The number of likely N-dealkylation sites (N-methyl/N-ethyl adjacent to an activating group) is 1. The van der Waals surface area contributed by atoms with Gasteiger partial charge >= 0.3 is 0 Å². The lowest BCUT2D eigenvalue weighted by Gasteiger charge is -2.22. The summed E-state index contributed by atoms with van der Waals surface area (Å²) in [6.07, 6.45) is 3.96. The number of nitrogens with zero attached hydrogens (tertiary/aromatic N) is 4. The van der Waals surface area contributed by atoms with Gasteiger partial charge in [0.15, 0.2) is 5.96 Å². The number of aryl methyl sites for hydroxylation is 2. The molecule has 1 aromatic carbocycles. The molecule has 0 aliphatic heterocycles. The summed E-state index contributed by atoms with van der Waals surface area (Å²) in [7, 11) is 6.05. The molecule has 0 radical (unpaired) electrons. The molecule has 1 heterocycles. The summed E-state index contributed by atoms with van der Waals surface area (Å²) >= 11 is 0. The fraction of sp³-hybridized carbons (Fsp3) is 0.524. The highest BCUT2D eigenvalue weighted by atomic mass is 16.5. The summed E-state index contributed by atoms with van der Waals surface area (Å²) in [5.74, 6) is 1.68. The molecule has 2 rings (SSSR count). The fourth-order valence-electron chi connectivity index (χ4n) is 2.90. The van der Waals surface area contributed by atoms with Gasteiger partial charge in [-0.05, 0) is 52.6 Å². The van der Waals surface area contributed by atoms with Crippen molar-refractivity contribution in [3.63, 3.8) is 0 Å². The van der Waals surface area contributed by atoms with Crippen LogP contribution in [0.3, 0.4) is 0 Å². The van der Waals surface area contributed by atoms with Crippen LogP contribution in [0.4, 0.5) is 0 Å². The molecule has 28 heavy (non-hydrogen) atoms. The monoisotopic (exact) mass is 386 g/mol. The van der Waals surface area contributed by atoms with Crippen LogP contribution in [-0.2, 0) is 7.05 Å². The summed E-state index contributed by atoms with van der Waals surface area (Å²) in [5, 5.41) is 11.0. The van der Waals surface area contributed by atoms with Gasteiger partial charge in [-0.2, -0.15) is 5.10 Å². The number of hydrogen-bond donors (Lipinski definition) is 2. The summed E-state index contributed by atoms with van der Waals surface area (Å²) < 4.78 is 7.82. The maximum Gasteiger partial charge on any atom is 0.191 e. The Kier molecular flexibility index (Phi) is 8.32. The van der Waals surface area contributed by atoms with Crippen LogP contribution in [0.2, 0.25) is 0 Å². The van der Waals surface area contributed by atoms with E-state index in [0.29, 0.717) is 13.1 Å². The minimum Gasteiger partial charge on any atom is -0.489 e. The highest BCUT2D eigenvalue weighted by molar-refractivity contribution is 5.79. The maximum absolute atomic E-state index is 6.00. The largest absolute Gasteiger partial charge is 0.489 e. The lowest BCUT2D eigenvalue weighted by Crippen LogP contribution is -2.42. The predicted molar refractivity (Wildman–Crippen MR) is 115 cm³/mol. The Bertz CT molecular complexity index is 755. The summed E-state index contributed by atoms with van der Waals surface area (Å²) in [6.45, 7) is 8.29. The first-order valence-electron chi connectivity index (χ1n) is 9.79. The molecule has 2 N–H and O–H groups in total. The van der Waals surface area contributed by atoms with Crippen LogP contribution in [0.5, 0.6) is 5.75 Å². The predicted octanol–water partition coefficient (Wildman–Crippen LogP) is 2.35. The molecule has 1 aromatic heterocycles. The second-order valence-corrected chi connectivity index (χ2v) is 7.27. The number of aromatic nitrogens is 2. The van der Waals surface area contributed by atoms with Crippen molar-refractivity contribution in [3.8, 4) is 5.75 Å². The lowest BCUT2D eigenvalue weighted by atomic mass is 10.1. The quantitative estimate of drug-likeness (QED) is 0.512. The fourth-order valence-corrected chi connectivity index (χ4v) is 2.90. The van der Waals surface area contributed by atoms with Crippen LogP contribution in [-0.4, -0.2) is 60.5 Å². The highest BCUT2D eigenvalue weighted by Crippen LogP contribution is 2.17. The maximum atomic E-state index is 6.00. The first kappa shape index (κ1) is 21.8. The second kappa shape index (κ2) is 10.7. The van der Waals surface area contributed by atoms with E-state index in [1.165, 1.54) is 5.56 Å². The summed E-state index contributed by atoms with van der Waals surface area (Å²) in [6, 6.07) is 8.28. The van der Waals surface area contributed by atoms with Gasteiger partial charge in [-0.25, -0.2) is 0 Å². The van der Waals surface area contributed by atoms with Gasteiger partial charge in [0, 0.05) is 25.4 Å². The molecule has 7 nitrogen and oxygen atoms in total. The zero-order chi connectivity index (χ0) is 20.5. The van der Waals surface area contributed by atoms with E-state index in [-0.39, 0.29) is 12.1 Å². The molecule has 7 heteroatoms. The van der Waals surface area contributed by atoms with Gasteiger partial charge in [0.1, 0.15) is 11.9 Å². The van der Waals surface area contributed by atoms with Crippen molar-refractivity contribution in [2.75, 3.05) is 33.7 Å². The Balaban J connectivity index is 1.95. The molecule has 154 valence electrons. The van der Waals surface area contributed by atoms with E-state index < -0.39 is 0 Å². The van der Waals surface area contributed by atoms with Crippen molar-refractivity contribution in [2.24, 2.45) is 12.0 Å². The number of nitrogens with one attached hydrogen (secondary N) is 2. The smallest absolute Gasteiger partial charge is 0.191 e. The van der Waals surface area contributed by atoms with Gasteiger partial charge < -0.3 is 20.3 Å². The summed E-state index contributed by atoms with van der Waals surface area (Å²) in [5.41, 5.74) is 2.35. The molecule has 2 aromatic rings. The van der Waals surface area contributed by atoms with Crippen LogP contribution >= 0.6 is 0 Å². The van der Waals surface area contributed by atoms with Crippen LogP contribution in [0, 0.1) is 6.92 Å². The number of benzene rings is 1. The van der Waals surface area contributed by atoms with Gasteiger partial charge in [0.05, 0.1) is 25.3 Å². The molecule has 2 unspecified atom stereocenters. The van der Waals surface area contributed by atoms with Gasteiger partial charge in [0.2, 0.25) is 0 Å². The standard InChI is InChI=1S/C21H34N6O/c1-7-22-21(23-12-17(3)28-19-10-8-9-16(2)11-19)24-14-20(26(4)5)18-13-25-27(6)15-18/h8-11,13,15,17,20H,7,12,14H2,1-6H3,(H2,22,23,24). The van der Waals surface area contributed by atoms with Gasteiger partial charge in [0.25, 0.3) is 0 Å². The molecule has 0 spiro atoms. The Hall–Kier alpha value is -2.54. The number of hydrogen-bond acceptors (Lipinski definition) is 4. The SMILES string of the molecule is CCNC(=NCC(c1cnn(C)c1)N(C)C)NCC(C)Oc1cccc(C)c1. The minimum atomic E-state index is 0.0219. The first-order chi connectivity index (χ1) is 13.4. The van der Waals surface area contributed by atoms with E-state index in [1.807, 2.05) is 42.3 Å². The molecular formula is C21H34N6O. The highest BCUT2D eigenvalue weighted by Gasteiger charge is 2.16. The van der Waals surface area contributed by atoms with E-state index in [1.54, 1.807) is 0 Å². The van der Waals surface area contributed by atoms with Crippen LogP contribution in [0.25, 0.3) is 0 Å². The topological polar surface area (TPSA) is 66.7 Å². The number of aliphatic imine (C=N–C) groups is 1. The van der Waals surface area contributed by atoms with Gasteiger partial charge in [-0.15, -0.1) is 0 Å². The van der Waals surface area contributed by atoms with E-state index in [9.17, 15) is 0 Å². The Labute approximate surface area is 168 Å². The molecule has 0 saturated carbocycles. The zero-order valence-corrected chi connectivity index (χ0v) is 17.9. The normalized spacial score (nSPS) is 14.0. The van der Waals surface area contributed by atoms with Crippen molar-refractivity contribution >= 4 is 5.96 Å². The molecule has 0 amide bonds. The van der Waals surface area contributed by atoms with Crippen molar-refractivity contribution in [1.29, 1.82) is 0 Å². The van der Waals surface area contributed by atoms with E-state index >= 15 is 0 Å². The molecular weight excluding hydrogens is 352 g/mol. The third kappa shape index (κ3) is 6.88. The molecule has 0 bridgehead atoms. The second-order valence-electron chi connectivity index (χ2n) is 7.27. The molecule has 0 saturated heterocycles. The van der Waals surface area contributed by atoms with E-state index in [4.69, 9.17) is 9.73 Å². The van der Waals surface area contributed by atoms with E-state index in [0.717, 1.165) is 23.8 Å². The van der Waals surface area contributed by atoms with Crippen LogP contribution in [0.1, 0.15) is 31.0 Å². The van der Waals surface area contributed by atoms with Crippen LogP contribution < -0.4 is 15.4 Å². The third-order valence-corrected chi connectivity index (χ3v) is 4.38. The summed E-state index contributed by atoms with van der Waals surface area (Å²) in [4.78, 5) is 6.93. The number of ether oxygens (including phenoxy) is 1. The first-order valence-corrected chi connectivity index (χ1v) is 9.79. The molecule has 0 aliphatic rings. The average molecular weight is 387 g/mol. The van der Waals surface area contributed by atoms with Crippen LogP contribution in [0.15, 0.2) is 41.7 Å². The Morgan fingerprint density at radius 2 is 2.11 bits per heavy atom. The third-order valence-electron chi connectivity index (χ3n) is 4.38. The van der Waals surface area contributed by atoms with E-state index in [2.05, 4.69) is 61.6 Å². The average Bonchev–Trinajstić information content (AvgIpc) is 3.05. The van der Waals surface area contributed by atoms with Gasteiger partial charge in [-0.3, -0.25) is 9.67 Å². The molecule has 0 fully saturated rings. The lowest BCUT2D eigenvalue weighted by molar-refractivity contribution is 0.223. The van der Waals surface area contributed by atoms with Crippen molar-refractivity contribution < 1.29 is 4.74 Å². The van der Waals surface area contributed by atoms with Gasteiger partial charge in [-0.1, -0.05) is 12.1 Å². The Morgan fingerprint density at radius 1 is 1.32 bits per heavy atom.